The number of imidazole rings is 1. The average Bonchev–Trinajstić information content (AvgIpc) is 3.51. The Balaban J connectivity index is 1.24. The van der Waals surface area contributed by atoms with E-state index in [1.54, 1.807) is 27.7 Å². The SMILES string of the molecule is CC1CN(c2ccc(/C=C/c3cnc4ccc(N5C[C@@H](F)C[C@@H]5c5cc(F)ccc5F)nn34)nc2)CC(C)N1. The summed E-state index contributed by atoms with van der Waals surface area (Å²) in [6.07, 6.45) is 6.24. The van der Waals surface area contributed by atoms with Crippen molar-refractivity contribution in [3.63, 3.8) is 0 Å². The minimum Gasteiger partial charge on any atom is -0.367 e. The number of anilines is 2. The summed E-state index contributed by atoms with van der Waals surface area (Å²) in [6.45, 7) is 6.28. The second kappa shape index (κ2) is 10.3. The van der Waals surface area contributed by atoms with Crippen LogP contribution in [0.15, 0.2) is 54.9 Å². The number of aromatic nitrogens is 4. The molecule has 4 atom stereocenters. The summed E-state index contributed by atoms with van der Waals surface area (Å²) in [7, 11) is 0. The van der Waals surface area contributed by atoms with Gasteiger partial charge in [0.1, 0.15) is 23.6 Å². The lowest BCUT2D eigenvalue weighted by atomic mass is 10.0. The smallest absolute Gasteiger partial charge is 0.154 e. The van der Waals surface area contributed by atoms with E-state index < -0.39 is 23.8 Å². The summed E-state index contributed by atoms with van der Waals surface area (Å²) >= 11 is 0. The van der Waals surface area contributed by atoms with Gasteiger partial charge in [-0.15, -0.1) is 5.10 Å². The number of hydrogen-bond donors (Lipinski definition) is 1. The number of nitrogens with zero attached hydrogens (tertiary/aromatic N) is 6. The van der Waals surface area contributed by atoms with E-state index in [0.29, 0.717) is 29.2 Å². The van der Waals surface area contributed by atoms with Crippen LogP contribution in [0.25, 0.3) is 17.8 Å². The van der Waals surface area contributed by atoms with Gasteiger partial charge in [-0.1, -0.05) is 0 Å². The number of hydrogen-bond acceptors (Lipinski definition) is 6. The Hall–Kier alpha value is -3.92. The fourth-order valence-corrected chi connectivity index (χ4v) is 5.64. The van der Waals surface area contributed by atoms with Crippen molar-refractivity contribution >= 4 is 29.3 Å². The van der Waals surface area contributed by atoms with Gasteiger partial charge in [-0.2, -0.15) is 0 Å². The highest BCUT2D eigenvalue weighted by Gasteiger charge is 2.36. The predicted octanol–water partition coefficient (Wildman–Crippen LogP) is 5.05. The molecule has 1 N–H and O–H groups in total. The first kappa shape index (κ1) is 25.4. The van der Waals surface area contributed by atoms with Crippen molar-refractivity contribution in [3.05, 3.63) is 83.4 Å². The molecule has 2 fully saturated rings. The molecule has 10 heteroatoms. The van der Waals surface area contributed by atoms with Gasteiger partial charge in [0.2, 0.25) is 0 Å². The van der Waals surface area contributed by atoms with Gasteiger partial charge in [-0.25, -0.2) is 22.7 Å². The Kier molecular flexibility index (Phi) is 6.72. The molecular weight excluding hydrogens is 503 g/mol. The first-order valence-corrected chi connectivity index (χ1v) is 13.2. The van der Waals surface area contributed by atoms with E-state index in [0.717, 1.165) is 42.7 Å². The molecule has 39 heavy (non-hydrogen) atoms. The Bertz CT molecular complexity index is 1490. The molecule has 5 heterocycles. The lowest BCUT2D eigenvalue weighted by Crippen LogP contribution is -2.54. The second-order valence-electron chi connectivity index (χ2n) is 10.5. The maximum atomic E-state index is 14.6. The standard InChI is InChI=1S/C29H30F3N7/c1-18-15-37(16-19(2)35-18)23-6-4-22(33-13-23)5-7-24-14-34-28-9-10-29(36-39(24)28)38-17-21(31)12-27(38)25-11-20(30)3-8-26(25)32/h3-11,13-14,18-19,21,27,35H,12,15-17H2,1-2H3/b7-5+/t18?,19?,21-,27+/m0/s1. The summed E-state index contributed by atoms with van der Waals surface area (Å²) in [6, 6.07) is 11.0. The summed E-state index contributed by atoms with van der Waals surface area (Å²) in [5.74, 6) is -0.656. The van der Waals surface area contributed by atoms with Gasteiger partial charge < -0.3 is 15.1 Å². The number of rotatable bonds is 5. The maximum Gasteiger partial charge on any atom is 0.154 e. The van der Waals surface area contributed by atoms with Crippen LogP contribution in [-0.2, 0) is 0 Å². The molecule has 2 aliphatic rings. The molecule has 202 valence electrons. The molecule has 0 bridgehead atoms. The predicted molar refractivity (Wildman–Crippen MR) is 146 cm³/mol. The lowest BCUT2D eigenvalue weighted by Gasteiger charge is -2.37. The number of benzene rings is 1. The van der Waals surface area contributed by atoms with Crippen LogP contribution in [0.1, 0.15) is 43.3 Å². The Labute approximate surface area is 225 Å². The quantitative estimate of drug-likeness (QED) is 0.388. The number of nitrogens with one attached hydrogen (secondary N) is 1. The zero-order valence-electron chi connectivity index (χ0n) is 21.8. The van der Waals surface area contributed by atoms with Crippen LogP contribution in [0.5, 0.6) is 0 Å². The van der Waals surface area contributed by atoms with E-state index in [1.165, 1.54) is 0 Å². The molecule has 2 aliphatic heterocycles. The van der Waals surface area contributed by atoms with Crippen LogP contribution in [0, 0.1) is 11.6 Å². The summed E-state index contributed by atoms with van der Waals surface area (Å²) in [5.41, 5.74) is 3.35. The van der Waals surface area contributed by atoms with Gasteiger partial charge in [0.05, 0.1) is 42.1 Å². The molecular formula is C29H30F3N7. The van der Waals surface area contributed by atoms with Crippen LogP contribution >= 0.6 is 0 Å². The van der Waals surface area contributed by atoms with Crippen LogP contribution in [0.3, 0.4) is 0 Å². The fourth-order valence-electron chi connectivity index (χ4n) is 5.64. The van der Waals surface area contributed by atoms with Crippen LogP contribution < -0.4 is 15.1 Å². The molecule has 0 aliphatic carbocycles. The fraction of sp³-hybridized carbons (Fsp3) is 0.345. The largest absolute Gasteiger partial charge is 0.367 e. The van der Waals surface area contributed by atoms with Crippen molar-refractivity contribution in [2.45, 2.75) is 44.6 Å². The van der Waals surface area contributed by atoms with Gasteiger partial charge in [-0.3, -0.25) is 4.98 Å². The lowest BCUT2D eigenvalue weighted by molar-refractivity contribution is 0.355. The van der Waals surface area contributed by atoms with E-state index in [1.807, 2.05) is 24.4 Å². The maximum absolute atomic E-state index is 14.6. The number of alkyl halides is 1. The summed E-state index contributed by atoms with van der Waals surface area (Å²) < 4.78 is 44.6. The molecule has 0 saturated carbocycles. The van der Waals surface area contributed by atoms with Crippen molar-refractivity contribution in [2.24, 2.45) is 0 Å². The molecule has 0 radical (unpaired) electrons. The number of fused-ring (bicyclic) bond motifs is 1. The highest BCUT2D eigenvalue weighted by Crippen LogP contribution is 2.38. The average molecular weight is 534 g/mol. The van der Waals surface area contributed by atoms with Crippen LogP contribution in [0.4, 0.5) is 24.7 Å². The van der Waals surface area contributed by atoms with Crippen molar-refractivity contribution in [2.75, 3.05) is 29.4 Å². The zero-order chi connectivity index (χ0) is 27.1. The van der Waals surface area contributed by atoms with E-state index in [9.17, 15) is 13.2 Å². The van der Waals surface area contributed by atoms with Crippen molar-refractivity contribution in [1.82, 2.24) is 24.9 Å². The molecule has 2 saturated heterocycles. The van der Waals surface area contributed by atoms with E-state index in [-0.39, 0.29) is 18.5 Å². The minimum absolute atomic E-state index is 0.0416. The zero-order valence-corrected chi connectivity index (χ0v) is 21.8. The Morgan fingerprint density at radius 1 is 0.923 bits per heavy atom. The molecule has 6 rings (SSSR count). The third-order valence-corrected chi connectivity index (χ3v) is 7.35. The van der Waals surface area contributed by atoms with E-state index in [4.69, 9.17) is 5.10 Å². The molecule has 7 nitrogen and oxygen atoms in total. The molecule has 0 amide bonds. The van der Waals surface area contributed by atoms with Crippen LogP contribution in [-0.4, -0.2) is 57.5 Å². The van der Waals surface area contributed by atoms with Crippen LogP contribution in [0.2, 0.25) is 0 Å². The normalized spacial score (nSPS) is 23.8. The highest BCUT2D eigenvalue weighted by atomic mass is 19.1. The third kappa shape index (κ3) is 5.21. The third-order valence-electron chi connectivity index (χ3n) is 7.35. The summed E-state index contributed by atoms with van der Waals surface area (Å²) in [4.78, 5) is 13.1. The van der Waals surface area contributed by atoms with Crippen molar-refractivity contribution in [3.8, 4) is 0 Å². The Morgan fingerprint density at radius 3 is 2.51 bits per heavy atom. The van der Waals surface area contributed by atoms with Crippen molar-refractivity contribution in [1.29, 1.82) is 0 Å². The van der Waals surface area contributed by atoms with Gasteiger partial charge >= 0.3 is 0 Å². The van der Waals surface area contributed by atoms with Gasteiger partial charge in [0.15, 0.2) is 5.65 Å². The molecule has 1 aromatic carbocycles. The van der Waals surface area contributed by atoms with E-state index >= 15 is 0 Å². The summed E-state index contributed by atoms with van der Waals surface area (Å²) in [5, 5.41) is 8.23. The Morgan fingerprint density at radius 2 is 1.74 bits per heavy atom. The topological polar surface area (TPSA) is 61.6 Å². The van der Waals surface area contributed by atoms with Gasteiger partial charge in [0, 0.05) is 37.2 Å². The number of pyridine rings is 1. The first-order chi connectivity index (χ1) is 18.8. The molecule has 3 aromatic heterocycles. The highest BCUT2D eigenvalue weighted by molar-refractivity contribution is 5.68. The second-order valence-corrected chi connectivity index (χ2v) is 10.5. The van der Waals surface area contributed by atoms with Gasteiger partial charge in [0.25, 0.3) is 0 Å². The van der Waals surface area contributed by atoms with E-state index in [2.05, 4.69) is 40.1 Å². The van der Waals surface area contributed by atoms with Gasteiger partial charge in [-0.05, 0) is 68.5 Å². The minimum atomic E-state index is -1.18. The monoisotopic (exact) mass is 533 g/mol. The molecule has 4 aromatic rings. The number of halogens is 3. The molecule has 2 unspecified atom stereocenters. The first-order valence-electron chi connectivity index (χ1n) is 13.2. The number of piperazine rings is 1. The molecule has 0 spiro atoms. The van der Waals surface area contributed by atoms with Crippen molar-refractivity contribution < 1.29 is 13.2 Å².